The van der Waals surface area contributed by atoms with Gasteiger partial charge < -0.3 is 9.13 Å². The highest BCUT2D eigenvalue weighted by atomic mass is 15.0. The molecule has 6 aromatic carbocycles. The normalized spacial score (nSPS) is 16.6. The van der Waals surface area contributed by atoms with Gasteiger partial charge in [-0.2, -0.15) is 0 Å². The summed E-state index contributed by atoms with van der Waals surface area (Å²) in [5.74, 6) is 1.14. The Morgan fingerprint density at radius 1 is 0.438 bits per heavy atom. The first kappa shape index (κ1) is 46.9. The molecule has 0 radical (unpaired) electrons. The van der Waals surface area contributed by atoms with Crippen LogP contribution in [-0.4, -0.2) is 20.8 Å². The number of fused-ring (bicyclic) bond motifs is 10. The van der Waals surface area contributed by atoms with Crippen molar-refractivity contribution in [2.24, 2.45) is 0 Å². The Hall–Kier alpha value is -5.87. The van der Waals surface area contributed by atoms with Crippen LogP contribution in [0.2, 0.25) is 0 Å². The molecule has 13 rings (SSSR count). The van der Waals surface area contributed by atoms with Gasteiger partial charge in [0.2, 0.25) is 0 Å². The molecule has 0 bridgehead atoms. The highest BCUT2D eigenvalue weighted by Gasteiger charge is 2.44. The molecule has 4 aliphatic rings. The largest absolute Gasteiger partial charge is 0.310 e. The Labute approximate surface area is 435 Å². The number of pyridine rings is 1. The summed E-state index contributed by atoms with van der Waals surface area (Å²) in [6.07, 6.45) is 13.1. The Morgan fingerprint density at radius 2 is 0.877 bits per heavy atom. The molecule has 2 aliphatic heterocycles. The van der Waals surface area contributed by atoms with Gasteiger partial charge in [-0.15, -0.1) is 0 Å². The fourth-order valence-electron chi connectivity index (χ4n) is 14.3. The van der Waals surface area contributed by atoms with E-state index in [-0.39, 0.29) is 28.4 Å². The lowest BCUT2D eigenvalue weighted by molar-refractivity contribution is 0.444. The van der Waals surface area contributed by atoms with Gasteiger partial charge in [0, 0.05) is 55.1 Å². The van der Waals surface area contributed by atoms with Gasteiger partial charge in [0.1, 0.15) is 0 Å². The summed E-state index contributed by atoms with van der Waals surface area (Å²) in [6.45, 7) is 29.1. The Morgan fingerprint density at radius 3 is 1.30 bits per heavy atom. The van der Waals surface area contributed by atoms with Crippen LogP contribution in [0.5, 0.6) is 0 Å². The highest BCUT2D eigenvalue weighted by molar-refractivity contribution is 7.00. The second kappa shape index (κ2) is 16.3. The molecule has 2 saturated carbocycles. The molecule has 370 valence electrons. The van der Waals surface area contributed by atoms with E-state index in [0.29, 0.717) is 11.8 Å². The first-order chi connectivity index (χ1) is 34.7. The number of benzene rings is 6. The maximum absolute atomic E-state index is 5.55. The Balaban J connectivity index is 1.25. The van der Waals surface area contributed by atoms with Crippen molar-refractivity contribution in [3.63, 3.8) is 0 Å². The maximum Gasteiger partial charge on any atom is 0.252 e. The SMILES string of the molecule is CC(C)(C)c1cc(C(C)(C)C)c2c3cc(C4CCCCC4)cc4c3n(c2c1)-c1cc(-c2cccc(-c3ccccc3)n2)cc2c1B4c1cc(C3CCCCC3)cc3c4c(C(C)(C)C)cc(C(C)(C)C)cc4n-2c13. The standard InChI is InChI=1S/C69H76BN3/c1-66(2,3)47-37-51(68(7,8)9)61-49-31-44(41-23-16-13-17-24-41)33-53-64(49)72(57(61)39-47)59-35-46(56-30-22-29-55(71-56)43-27-20-15-21-28-43)36-60-63(59)70(53)54-34-45(42-25-18-14-19-26-42)32-50-62-52(69(10,11)12)38-48(67(4,5)6)40-58(62)73(60)65(50)54/h15,20-22,27-42H,13-14,16-19,23-26H2,1-12H3. The van der Waals surface area contributed by atoms with Crippen LogP contribution in [-0.2, 0) is 21.7 Å². The summed E-state index contributed by atoms with van der Waals surface area (Å²) in [4.78, 5) is 5.55. The summed E-state index contributed by atoms with van der Waals surface area (Å²) >= 11 is 0. The average Bonchev–Trinajstić information content (AvgIpc) is 3.89. The molecule has 0 atom stereocenters. The van der Waals surface area contributed by atoms with Crippen molar-refractivity contribution >= 4 is 66.7 Å². The fourth-order valence-corrected chi connectivity index (χ4v) is 14.3. The fraction of sp³-hybridized carbons (Fsp3) is 0.406. The van der Waals surface area contributed by atoms with Crippen LogP contribution < -0.4 is 16.4 Å². The van der Waals surface area contributed by atoms with Crippen molar-refractivity contribution in [2.75, 3.05) is 0 Å². The molecule has 0 spiro atoms. The predicted octanol–water partition coefficient (Wildman–Crippen LogP) is 17.0. The van der Waals surface area contributed by atoms with E-state index in [9.17, 15) is 0 Å². The monoisotopic (exact) mass is 958 g/mol. The van der Waals surface area contributed by atoms with Crippen molar-refractivity contribution in [1.29, 1.82) is 0 Å². The van der Waals surface area contributed by atoms with Gasteiger partial charge in [-0.25, -0.2) is 4.98 Å². The maximum atomic E-state index is 5.55. The minimum Gasteiger partial charge on any atom is -0.310 e. The number of nitrogens with zero attached hydrogens (tertiary/aromatic N) is 3. The van der Waals surface area contributed by atoms with Crippen molar-refractivity contribution in [1.82, 2.24) is 14.1 Å². The van der Waals surface area contributed by atoms with Crippen molar-refractivity contribution in [3.05, 3.63) is 143 Å². The van der Waals surface area contributed by atoms with Gasteiger partial charge in [-0.05, 0) is 157 Å². The summed E-state index contributed by atoms with van der Waals surface area (Å²) in [7, 11) is 0. The minimum atomic E-state index is -0.0774. The zero-order chi connectivity index (χ0) is 50.7. The molecule has 0 saturated heterocycles. The van der Waals surface area contributed by atoms with Gasteiger partial charge >= 0.3 is 0 Å². The van der Waals surface area contributed by atoms with Gasteiger partial charge in [-0.1, -0.05) is 182 Å². The number of hydrogen-bond acceptors (Lipinski definition) is 1. The molecule has 2 aliphatic carbocycles. The minimum absolute atomic E-state index is 0.0407. The van der Waals surface area contributed by atoms with Gasteiger partial charge in [0.05, 0.1) is 22.4 Å². The van der Waals surface area contributed by atoms with E-state index in [1.807, 2.05) is 0 Å². The van der Waals surface area contributed by atoms with E-state index in [1.54, 1.807) is 11.1 Å². The molecule has 5 heterocycles. The Kier molecular flexibility index (Phi) is 10.5. The van der Waals surface area contributed by atoms with Crippen LogP contribution in [0.3, 0.4) is 0 Å². The van der Waals surface area contributed by atoms with Crippen LogP contribution in [0, 0.1) is 0 Å². The second-order valence-electron chi connectivity index (χ2n) is 27.3. The van der Waals surface area contributed by atoms with E-state index in [4.69, 9.17) is 4.98 Å². The van der Waals surface area contributed by atoms with Gasteiger partial charge in [-0.3, -0.25) is 0 Å². The third kappa shape index (κ3) is 7.37. The van der Waals surface area contributed by atoms with Crippen LogP contribution in [0.1, 0.15) is 193 Å². The molecule has 73 heavy (non-hydrogen) atoms. The van der Waals surface area contributed by atoms with E-state index < -0.39 is 0 Å². The van der Waals surface area contributed by atoms with Crippen LogP contribution in [0.15, 0.2) is 109 Å². The zero-order valence-corrected chi connectivity index (χ0v) is 46.0. The van der Waals surface area contributed by atoms with Crippen molar-refractivity contribution in [3.8, 4) is 33.9 Å². The number of aromatic nitrogens is 3. The van der Waals surface area contributed by atoms with Crippen LogP contribution in [0.25, 0.3) is 77.5 Å². The first-order valence-corrected chi connectivity index (χ1v) is 28.3. The molecular weight excluding hydrogens is 882 g/mol. The van der Waals surface area contributed by atoms with Crippen LogP contribution in [0.4, 0.5) is 0 Å². The molecule has 2 fully saturated rings. The summed E-state index contributed by atoms with van der Waals surface area (Å²) in [5, 5.41) is 5.76. The predicted molar refractivity (Wildman–Crippen MR) is 315 cm³/mol. The Bertz CT molecular complexity index is 3520. The summed E-state index contributed by atoms with van der Waals surface area (Å²) < 4.78 is 5.55. The topological polar surface area (TPSA) is 22.8 Å². The van der Waals surface area contributed by atoms with E-state index in [1.165, 1.54) is 158 Å². The third-order valence-electron chi connectivity index (χ3n) is 18.2. The second-order valence-corrected chi connectivity index (χ2v) is 27.3. The molecule has 4 heteroatoms. The van der Waals surface area contributed by atoms with E-state index in [0.717, 1.165) is 22.5 Å². The molecule has 3 aromatic heterocycles. The van der Waals surface area contributed by atoms with Gasteiger partial charge in [0.15, 0.2) is 0 Å². The number of hydrogen-bond donors (Lipinski definition) is 0. The van der Waals surface area contributed by atoms with Gasteiger partial charge in [0.25, 0.3) is 6.71 Å². The molecule has 3 nitrogen and oxygen atoms in total. The summed E-state index contributed by atoms with van der Waals surface area (Å²) in [5.41, 5.74) is 25.4. The summed E-state index contributed by atoms with van der Waals surface area (Å²) in [6, 6.07) is 43.7. The smallest absolute Gasteiger partial charge is 0.252 e. The van der Waals surface area contributed by atoms with Crippen LogP contribution >= 0.6 is 0 Å². The molecule has 0 unspecified atom stereocenters. The zero-order valence-electron chi connectivity index (χ0n) is 46.0. The van der Waals surface area contributed by atoms with E-state index in [2.05, 4.69) is 201 Å². The number of rotatable bonds is 4. The molecule has 9 aromatic rings. The molecular formula is C69H76BN3. The molecule has 0 amide bonds. The first-order valence-electron chi connectivity index (χ1n) is 28.3. The average molecular weight is 958 g/mol. The lowest BCUT2D eigenvalue weighted by Gasteiger charge is -2.35. The van der Waals surface area contributed by atoms with Crippen molar-refractivity contribution < 1.29 is 0 Å². The lowest BCUT2D eigenvalue weighted by Crippen LogP contribution is -2.59. The third-order valence-corrected chi connectivity index (χ3v) is 18.2. The lowest BCUT2D eigenvalue weighted by atomic mass is 9.34. The highest BCUT2D eigenvalue weighted by Crippen LogP contribution is 2.49. The van der Waals surface area contributed by atoms with E-state index >= 15 is 0 Å². The quantitative estimate of drug-likeness (QED) is 0.161. The van der Waals surface area contributed by atoms with Crippen molar-refractivity contribution in [2.45, 2.75) is 181 Å². The molecule has 0 N–H and O–H groups in total.